The summed E-state index contributed by atoms with van der Waals surface area (Å²) in [5.41, 5.74) is -0.0906. The Morgan fingerprint density at radius 3 is 2.46 bits per heavy atom. The maximum Gasteiger partial charge on any atom is 0.327 e. The van der Waals surface area contributed by atoms with E-state index in [1.807, 2.05) is 6.92 Å². The summed E-state index contributed by atoms with van der Waals surface area (Å²) in [5, 5.41) is 8.68. The van der Waals surface area contributed by atoms with E-state index in [0.717, 1.165) is 12.8 Å². The van der Waals surface area contributed by atoms with Crippen molar-refractivity contribution < 1.29 is 18.7 Å². The highest BCUT2D eigenvalue weighted by atomic mass is 31.2. The first-order chi connectivity index (χ1) is 5.97. The van der Waals surface area contributed by atoms with Gasteiger partial charge in [-0.05, 0) is 12.8 Å². The van der Waals surface area contributed by atoms with Crippen LogP contribution in [0.3, 0.4) is 0 Å². The van der Waals surface area contributed by atoms with Crippen LogP contribution in [-0.2, 0) is 13.6 Å². The Kier molecular flexibility index (Phi) is 3.52. The zero-order valence-corrected chi connectivity index (χ0v) is 9.05. The molecule has 1 heterocycles. The molecule has 1 N–H and O–H groups in total. The van der Waals surface area contributed by atoms with Crippen molar-refractivity contribution in [2.75, 3.05) is 26.5 Å². The molecule has 0 saturated carbocycles. The van der Waals surface area contributed by atoms with Crippen molar-refractivity contribution in [3.8, 4) is 0 Å². The standard InChI is InChI=1S/C8H17O4P/c1-8(4-3-5-9)6-11-13(2,10)12-7-8/h9H,3-7H2,1-2H3. The van der Waals surface area contributed by atoms with Crippen molar-refractivity contribution in [3.63, 3.8) is 0 Å². The van der Waals surface area contributed by atoms with Crippen molar-refractivity contribution >= 4 is 7.60 Å². The summed E-state index contributed by atoms with van der Waals surface area (Å²) in [7, 11) is -2.76. The van der Waals surface area contributed by atoms with Crippen LogP contribution in [-0.4, -0.2) is 31.6 Å². The summed E-state index contributed by atoms with van der Waals surface area (Å²) < 4.78 is 21.6. The van der Waals surface area contributed by atoms with Crippen LogP contribution in [0.2, 0.25) is 0 Å². The number of hydrogen-bond donors (Lipinski definition) is 1. The van der Waals surface area contributed by atoms with Gasteiger partial charge in [0.05, 0.1) is 13.2 Å². The Balaban J connectivity index is 2.42. The Morgan fingerprint density at radius 1 is 1.46 bits per heavy atom. The first kappa shape index (κ1) is 11.2. The highest BCUT2D eigenvalue weighted by Gasteiger charge is 2.35. The molecule has 0 unspecified atom stereocenters. The van der Waals surface area contributed by atoms with Crippen LogP contribution >= 0.6 is 7.60 Å². The molecule has 78 valence electrons. The molecule has 1 fully saturated rings. The highest BCUT2D eigenvalue weighted by molar-refractivity contribution is 7.53. The summed E-state index contributed by atoms with van der Waals surface area (Å²) in [6.45, 7) is 4.60. The van der Waals surface area contributed by atoms with Gasteiger partial charge in [-0.15, -0.1) is 0 Å². The highest BCUT2D eigenvalue weighted by Crippen LogP contribution is 2.51. The zero-order chi connectivity index (χ0) is 9.95. The average Bonchev–Trinajstić information content (AvgIpc) is 2.08. The fourth-order valence-electron chi connectivity index (χ4n) is 1.28. The van der Waals surface area contributed by atoms with E-state index in [0.29, 0.717) is 13.2 Å². The van der Waals surface area contributed by atoms with E-state index < -0.39 is 7.60 Å². The molecule has 0 spiro atoms. The summed E-state index contributed by atoms with van der Waals surface area (Å²) in [6, 6.07) is 0. The molecule has 0 aromatic carbocycles. The number of aliphatic hydroxyl groups excluding tert-OH is 1. The van der Waals surface area contributed by atoms with Crippen LogP contribution in [0, 0.1) is 5.41 Å². The van der Waals surface area contributed by atoms with Crippen LogP contribution < -0.4 is 0 Å². The molecule has 0 aliphatic carbocycles. The number of aliphatic hydroxyl groups is 1. The molecule has 1 rings (SSSR count). The van der Waals surface area contributed by atoms with Gasteiger partial charge in [0.25, 0.3) is 0 Å². The minimum Gasteiger partial charge on any atom is -0.396 e. The molecule has 5 heteroatoms. The van der Waals surface area contributed by atoms with Crippen molar-refractivity contribution in [2.24, 2.45) is 5.41 Å². The number of rotatable bonds is 3. The van der Waals surface area contributed by atoms with Crippen molar-refractivity contribution in [1.82, 2.24) is 0 Å². The van der Waals surface area contributed by atoms with E-state index in [2.05, 4.69) is 0 Å². The lowest BCUT2D eigenvalue weighted by atomic mass is 9.87. The Labute approximate surface area is 78.8 Å². The molecular weight excluding hydrogens is 191 g/mol. The molecular formula is C8H17O4P. The number of hydrogen-bond acceptors (Lipinski definition) is 4. The average molecular weight is 208 g/mol. The quantitative estimate of drug-likeness (QED) is 0.716. The van der Waals surface area contributed by atoms with Crippen LogP contribution in [0.5, 0.6) is 0 Å². The molecule has 1 saturated heterocycles. The molecule has 4 nitrogen and oxygen atoms in total. The lowest BCUT2D eigenvalue weighted by Gasteiger charge is -2.35. The lowest BCUT2D eigenvalue weighted by Crippen LogP contribution is -2.32. The predicted octanol–water partition coefficient (Wildman–Crippen LogP) is 1.63. The fourth-order valence-corrected chi connectivity index (χ4v) is 2.44. The topological polar surface area (TPSA) is 55.8 Å². The molecule has 1 aliphatic rings. The van der Waals surface area contributed by atoms with Gasteiger partial charge in [-0.2, -0.15) is 0 Å². The lowest BCUT2D eigenvalue weighted by molar-refractivity contribution is 0.0218. The van der Waals surface area contributed by atoms with E-state index >= 15 is 0 Å². The maximum atomic E-state index is 11.3. The van der Waals surface area contributed by atoms with Gasteiger partial charge in [0.15, 0.2) is 0 Å². The van der Waals surface area contributed by atoms with E-state index in [9.17, 15) is 4.57 Å². The first-order valence-electron chi connectivity index (χ1n) is 4.45. The fraction of sp³-hybridized carbons (Fsp3) is 1.00. The summed E-state index contributed by atoms with van der Waals surface area (Å²) in [4.78, 5) is 0. The third-order valence-corrected chi connectivity index (χ3v) is 3.43. The summed E-state index contributed by atoms with van der Waals surface area (Å²) in [6.07, 6.45) is 1.57. The van der Waals surface area contributed by atoms with E-state index in [-0.39, 0.29) is 12.0 Å². The van der Waals surface area contributed by atoms with Gasteiger partial charge in [-0.1, -0.05) is 6.92 Å². The van der Waals surface area contributed by atoms with Gasteiger partial charge in [-0.25, -0.2) is 0 Å². The first-order valence-corrected chi connectivity index (χ1v) is 6.44. The molecule has 0 aromatic rings. The second-order valence-electron chi connectivity index (χ2n) is 3.96. The molecule has 13 heavy (non-hydrogen) atoms. The Hall–Kier alpha value is 0.110. The van der Waals surface area contributed by atoms with Gasteiger partial charge in [0, 0.05) is 18.7 Å². The molecule has 0 bridgehead atoms. The normalized spacial score (nSPS) is 40.5. The van der Waals surface area contributed by atoms with Crippen LogP contribution in [0.15, 0.2) is 0 Å². The Bertz CT molecular complexity index is 204. The molecule has 0 amide bonds. The largest absolute Gasteiger partial charge is 0.396 e. The van der Waals surface area contributed by atoms with Crippen molar-refractivity contribution in [2.45, 2.75) is 19.8 Å². The SMILES string of the molecule is CC1(CCCO)COP(C)(=O)OC1. The summed E-state index contributed by atoms with van der Waals surface area (Å²) >= 11 is 0. The molecule has 1 aliphatic heterocycles. The van der Waals surface area contributed by atoms with Gasteiger partial charge in [0.2, 0.25) is 0 Å². The molecule has 0 atom stereocenters. The monoisotopic (exact) mass is 208 g/mol. The smallest absolute Gasteiger partial charge is 0.327 e. The predicted molar refractivity (Wildman–Crippen MR) is 49.9 cm³/mol. The minimum absolute atomic E-state index is 0.0906. The Morgan fingerprint density at radius 2 is 2.00 bits per heavy atom. The maximum absolute atomic E-state index is 11.3. The van der Waals surface area contributed by atoms with Gasteiger partial charge in [0.1, 0.15) is 0 Å². The summed E-state index contributed by atoms with van der Waals surface area (Å²) in [5.74, 6) is 0. The zero-order valence-electron chi connectivity index (χ0n) is 8.15. The minimum atomic E-state index is -2.76. The van der Waals surface area contributed by atoms with Gasteiger partial charge < -0.3 is 14.2 Å². The van der Waals surface area contributed by atoms with Crippen molar-refractivity contribution in [1.29, 1.82) is 0 Å². The van der Waals surface area contributed by atoms with E-state index in [1.165, 1.54) is 6.66 Å². The van der Waals surface area contributed by atoms with E-state index in [4.69, 9.17) is 14.2 Å². The second kappa shape index (κ2) is 4.09. The second-order valence-corrected chi connectivity index (χ2v) is 6.02. The van der Waals surface area contributed by atoms with Crippen LogP contribution in [0.4, 0.5) is 0 Å². The third-order valence-electron chi connectivity index (χ3n) is 2.23. The third kappa shape index (κ3) is 3.39. The van der Waals surface area contributed by atoms with Crippen LogP contribution in [0.25, 0.3) is 0 Å². The van der Waals surface area contributed by atoms with Gasteiger partial charge >= 0.3 is 7.60 Å². The van der Waals surface area contributed by atoms with Crippen molar-refractivity contribution in [3.05, 3.63) is 0 Å². The van der Waals surface area contributed by atoms with E-state index in [1.54, 1.807) is 0 Å². The molecule has 0 aromatic heterocycles. The molecule has 0 radical (unpaired) electrons. The van der Waals surface area contributed by atoms with Crippen LogP contribution in [0.1, 0.15) is 19.8 Å². The van der Waals surface area contributed by atoms with Gasteiger partial charge in [-0.3, -0.25) is 4.57 Å².